The van der Waals surface area contributed by atoms with E-state index in [4.69, 9.17) is 13.6 Å². The van der Waals surface area contributed by atoms with Gasteiger partial charge in [-0.1, -0.05) is 0 Å². The smallest absolute Gasteiger partial charge is 0.174 e. The number of aryl methyl sites for hydroxylation is 2. The predicted molar refractivity (Wildman–Crippen MR) is 48.5 cm³/mol. The number of amidine groups is 1. The Morgan fingerprint density at radius 3 is 2.75 bits per heavy atom. The fourth-order valence-electron chi connectivity index (χ4n) is 0.823. The molecule has 5 heteroatoms. The standard InChI is InChI=1S/C7H9BN4/c1-4-3-10-6(5(2)11-4)12-7(8)9/h3H,1-2H3,(H2,9,10,12). The van der Waals surface area contributed by atoms with Crippen molar-refractivity contribution in [2.24, 2.45) is 10.7 Å². The molecule has 0 aliphatic heterocycles. The Kier molecular flexibility index (Phi) is 2.42. The Balaban J connectivity index is 3.10. The van der Waals surface area contributed by atoms with E-state index >= 15 is 0 Å². The third-order valence-corrected chi connectivity index (χ3v) is 1.28. The Morgan fingerprint density at radius 2 is 2.25 bits per heavy atom. The quantitative estimate of drug-likeness (QED) is 0.362. The van der Waals surface area contributed by atoms with E-state index in [-0.39, 0.29) is 5.73 Å². The van der Waals surface area contributed by atoms with E-state index in [1.54, 1.807) is 6.20 Å². The Hall–Kier alpha value is -1.39. The number of rotatable bonds is 1. The number of aromatic nitrogens is 2. The van der Waals surface area contributed by atoms with E-state index in [0.29, 0.717) is 5.82 Å². The first-order valence-electron chi connectivity index (χ1n) is 3.49. The summed E-state index contributed by atoms with van der Waals surface area (Å²) in [5.41, 5.74) is 6.76. The molecule has 0 bridgehead atoms. The fraction of sp³-hybridized carbons (Fsp3) is 0.286. The number of nitrogens with two attached hydrogens (primary N) is 1. The Morgan fingerprint density at radius 1 is 1.58 bits per heavy atom. The molecule has 0 amide bonds. The summed E-state index contributed by atoms with van der Waals surface area (Å²) in [5, 5.41) is 0. The molecule has 4 nitrogen and oxygen atoms in total. The summed E-state index contributed by atoms with van der Waals surface area (Å²) in [7, 11) is 5.19. The van der Waals surface area contributed by atoms with Crippen LogP contribution in [-0.4, -0.2) is 23.5 Å². The van der Waals surface area contributed by atoms with Crippen LogP contribution < -0.4 is 5.73 Å². The van der Waals surface area contributed by atoms with Crippen molar-refractivity contribution in [2.45, 2.75) is 13.8 Å². The highest BCUT2D eigenvalue weighted by molar-refractivity contribution is 6.58. The van der Waals surface area contributed by atoms with Gasteiger partial charge in [-0.2, -0.15) is 0 Å². The van der Waals surface area contributed by atoms with Gasteiger partial charge in [0.1, 0.15) is 0 Å². The second-order valence-corrected chi connectivity index (χ2v) is 2.46. The minimum atomic E-state index is -0.00347. The maximum absolute atomic E-state index is 5.19. The summed E-state index contributed by atoms with van der Waals surface area (Å²) in [5.74, 6) is 0.473. The number of hydrogen-bond donors (Lipinski definition) is 1. The molecule has 1 heterocycles. The maximum Gasteiger partial charge on any atom is 0.174 e. The summed E-state index contributed by atoms with van der Waals surface area (Å²) < 4.78 is 0. The van der Waals surface area contributed by atoms with Crippen LogP contribution in [0.15, 0.2) is 11.2 Å². The highest BCUT2D eigenvalue weighted by Crippen LogP contribution is 2.11. The molecule has 2 N–H and O–H groups in total. The Labute approximate surface area is 72.4 Å². The molecule has 60 valence electrons. The molecular formula is C7H9BN4. The van der Waals surface area contributed by atoms with E-state index in [1.807, 2.05) is 13.8 Å². The van der Waals surface area contributed by atoms with Gasteiger partial charge < -0.3 is 5.73 Å². The molecule has 2 radical (unpaired) electrons. The summed E-state index contributed by atoms with van der Waals surface area (Å²) in [6.07, 6.45) is 1.62. The third kappa shape index (κ3) is 2.05. The van der Waals surface area contributed by atoms with Crippen molar-refractivity contribution in [3.63, 3.8) is 0 Å². The van der Waals surface area contributed by atoms with Crippen LogP contribution in [0.3, 0.4) is 0 Å². The first kappa shape index (κ1) is 8.71. The van der Waals surface area contributed by atoms with Crippen molar-refractivity contribution >= 4 is 19.4 Å². The second-order valence-electron chi connectivity index (χ2n) is 2.46. The minimum absolute atomic E-state index is 0.00347. The summed E-state index contributed by atoms with van der Waals surface area (Å²) in [4.78, 5) is 12.0. The molecular weight excluding hydrogens is 151 g/mol. The summed E-state index contributed by atoms with van der Waals surface area (Å²) in [6.45, 7) is 3.67. The SMILES string of the molecule is [B]C(N)=Nc1ncc(C)nc1C. The van der Waals surface area contributed by atoms with Gasteiger partial charge in [-0.15, -0.1) is 0 Å². The van der Waals surface area contributed by atoms with E-state index in [2.05, 4.69) is 15.0 Å². The summed E-state index contributed by atoms with van der Waals surface area (Å²) in [6, 6.07) is 0. The number of hydrogen-bond acceptors (Lipinski definition) is 3. The zero-order valence-electron chi connectivity index (χ0n) is 7.07. The largest absolute Gasteiger partial charge is 0.396 e. The Bertz CT molecular complexity index is 317. The molecule has 12 heavy (non-hydrogen) atoms. The van der Waals surface area contributed by atoms with Crippen molar-refractivity contribution in [3.05, 3.63) is 17.6 Å². The van der Waals surface area contributed by atoms with Gasteiger partial charge in [-0.3, -0.25) is 4.98 Å². The van der Waals surface area contributed by atoms with Crippen LogP contribution in [-0.2, 0) is 0 Å². The van der Waals surface area contributed by atoms with E-state index < -0.39 is 0 Å². The zero-order chi connectivity index (χ0) is 9.14. The van der Waals surface area contributed by atoms with E-state index in [0.717, 1.165) is 11.4 Å². The van der Waals surface area contributed by atoms with Gasteiger partial charge in [0.05, 0.1) is 17.6 Å². The van der Waals surface area contributed by atoms with Crippen molar-refractivity contribution in [3.8, 4) is 0 Å². The van der Waals surface area contributed by atoms with Gasteiger partial charge in [-0.05, 0) is 13.8 Å². The molecule has 0 atom stereocenters. The van der Waals surface area contributed by atoms with Gasteiger partial charge in [-0.25, -0.2) is 9.98 Å². The molecule has 0 aromatic carbocycles. The lowest BCUT2D eigenvalue weighted by atomic mass is 10.1. The first-order valence-corrected chi connectivity index (χ1v) is 3.49. The van der Waals surface area contributed by atoms with E-state index in [1.165, 1.54) is 0 Å². The summed E-state index contributed by atoms with van der Waals surface area (Å²) >= 11 is 0. The first-order chi connectivity index (χ1) is 5.59. The van der Waals surface area contributed by atoms with Crippen molar-refractivity contribution in [1.82, 2.24) is 9.97 Å². The van der Waals surface area contributed by atoms with Crippen LogP contribution in [0.5, 0.6) is 0 Å². The van der Waals surface area contributed by atoms with Crippen LogP contribution >= 0.6 is 0 Å². The molecule has 0 spiro atoms. The van der Waals surface area contributed by atoms with Crippen LogP contribution in [0, 0.1) is 13.8 Å². The lowest BCUT2D eigenvalue weighted by Crippen LogP contribution is -2.10. The zero-order valence-corrected chi connectivity index (χ0v) is 7.07. The third-order valence-electron chi connectivity index (χ3n) is 1.28. The van der Waals surface area contributed by atoms with Gasteiger partial charge in [0.2, 0.25) is 0 Å². The van der Waals surface area contributed by atoms with Crippen molar-refractivity contribution in [1.29, 1.82) is 0 Å². The van der Waals surface area contributed by atoms with Crippen molar-refractivity contribution in [2.75, 3.05) is 0 Å². The topological polar surface area (TPSA) is 64.2 Å². The molecule has 0 fully saturated rings. The predicted octanol–water partition coefficient (Wildman–Crippen LogP) is 0.208. The van der Waals surface area contributed by atoms with Crippen LogP contribution in [0.1, 0.15) is 11.4 Å². The molecule has 1 aromatic heterocycles. The number of nitrogens with zero attached hydrogens (tertiary/aromatic N) is 3. The molecule has 0 aliphatic rings. The van der Waals surface area contributed by atoms with Gasteiger partial charge in [0, 0.05) is 5.73 Å². The number of aliphatic imine (C=N–C) groups is 1. The highest BCUT2D eigenvalue weighted by Gasteiger charge is 1.98. The van der Waals surface area contributed by atoms with Gasteiger partial charge in [0.15, 0.2) is 13.7 Å². The van der Waals surface area contributed by atoms with Crippen LogP contribution in [0.4, 0.5) is 5.82 Å². The molecule has 0 saturated heterocycles. The van der Waals surface area contributed by atoms with Gasteiger partial charge >= 0.3 is 0 Å². The fourth-order valence-corrected chi connectivity index (χ4v) is 0.823. The molecule has 1 rings (SSSR count). The molecule has 0 unspecified atom stereocenters. The van der Waals surface area contributed by atoms with E-state index in [9.17, 15) is 0 Å². The molecule has 0 saturated carbocycles. The molecule has 0 aliphatic carbocycles. The van der Waals surface area contributed by atoms with Crippen LogP contribution in [0.2, 0.25) is 0 Å². The van der Waals surface area contributed by atoms with Crippen LogP contribution in [0.25, 0.3) is 0 Å². The lowest BCUT2D eigenvalue weighted by molar-refractivity contribution is 1.05. The second kappa shape index (κ2) is 3.34. The molecule has 1 aromatic rings. The normalized spacial score (nSPS) is 11.7. The monoisotopic (exact) mass is 160 g/mol. The average molecular weight is 160 g/mol. The maximum atomic E-state index is 5.19. The highest BCUT2D eigenvalue weighted by atomic mass is 15.0. The van der Waals surface area contributed by atoms with Crippen molar-refractivity contribution < 1.29 is 0 Å². The minimum Gasteiger partial charge on any atom is -0.396 e. The van der Waals surface area contributed by atoms with Gasteiger partial charge in [0.25, 0.3) is 0 Å². The lowest BCUT2D eigenvalue weighted by Gasteiger charge is -1.99. The average Bonchev–Trinajstić information content (AvgIpc) is 1.94.